The SMILES string of the molecule is CCc1ccc(N(C)Cc2cccnc2N)cc1. The van der Waals surface area contributed by atoms with E-state index in [0.29, 0.717) is 5.82 Å². The van der Waals surface area contributed by atoms with Gasteiger partial charge in [-0.2, -0.15) is 0 Å². The minimum Gasteiger partial charge on any atom is -0.383 e. The van der Waals surface area contributed by atoms with Crippen LogP contribution in [0.25, 0.3) is 0 Å². The fourth-order valence-corrected chi connectivity index (χ4v) is 1.92. The molecule has 18 heavy (non-hydrogen) atoms. The van der Waals surface area contributed by atoms with E-state index in [1.807, 2.05) is 12.1 Å². The van der Waals surface area contributed by atoms with Crippen molar-refractivity contribution in [1.29, 1.82) is 0 Å². The molecule has 0 saturated heterocycles. The maximum Gasteiger partial charge on any atom is 0.128 e. The summed E-state index contributed by atoms with van der Waals surface area (Å²) < 4.78 is 0. The van der Waals surface area contributed by atoms with Gasteiger partial charge in [-0.15, -0.1) is 0 Å². The third-order valence-electron chi connectivity index (χ3n) is 3.12. The largest absolute Gasteiger partial charge is 0.383 e. The molecule has 94 valence electrons. The van der Waals surface area contributed by atoms with Crippen molar-refractivity contribution in [2.24, 2.45) is 0 Å². The zero-order chi connectivity index (χ0) is 13.0. The van der Waals surface area contributed by atoms with E-state index >= 15 is 0 Å². The highest BCUT2D eigenvalue weighted by molar-refractivity contribution is 5.49. The topological polar surface area (TPSA) is 42.2 Å². The number of nitrogens with zero attached hydrogens (tertiary/aromatic N) is 2. The lowest BCUT2D eigenvalue weighted by Crippen LogP contribution is -2.17. The zero-order valence-electron chi connectivity index (χ0n) is 10.9. The first kappa shape index (κ1) is 12.4. The van der Waals surface area contributed by atoms with Crippen molar-refractivity contribution in [3.8, 4) is 0 Å². The van der Waals surface area contributed by atoms with Gasteiger partial charge in [-0.3, -0.25) is 0 Å². The van der Waals surface area contributed by atoms with Gasteiger partial charge in [0.1, 0.15) is 5.82 Å². The van der Waals surface area contributed by atoms with Crippen molar-refractivity contribution in [1.82, 2.24) is 4.98 Å². The van der Waals surface area contributed by atoms with Gasteiger partial charge in [-0.05, 0) is 30.2 Å². The highest BCUT2D eigenvalue weighted by atomic mass is 15.1. The Morgan fingerprint density at radius 1 is 1.17 bits per heavy atom. The molecule has 0 unspecified atom stereocenters. The molecule has 3 nitrogen and oxygen atoms in total. The Morgan fingerprint density at radius 3 is 2.50 bits per heavy atom. The molecule has 3 heteroatoms. The lowest BCUT2D eigenvalue weighted by atomic mass is 10.1. The maximum absolute atomic E-state index is 5.85. The number of anilines is 2. The van der Waals surface area contributed by atoms with Crippen molar-refractivity contribution in [3.05, 3.63) is 53.7 Å². The molecular formula is C15H19N3. The number of hydrogen-bond donors (Lipinski definition) is 1. The summed E-state index contributed by atoms with van der Waals surface area (Å²) in [5, 5.41) is 0. The Bertz CT molecular complexity index is 505. The Hall–Kier alpha value is -2.03. The van der Waals surface area contributed by atoms with Crippen LogP contribution >= 0.6 is 0 Å². The monoisotopic (exact) mass is 241 g/mol. The van der Waals surface area contributed by atoms with Crippen LogP contribution in [-0.4, -0.2) is 12.0 Å². The number of nitrogens with two attached hydrogens (primary N) is 1. The van der Waals surface area contributed by atoms with Crippen molar-refractivity contribution in [2.45, 2.75) is 19.9 Å². The molecule has 0 aliphatic heterocycles. The van der Waals surface area contributed by atoms with Gasteiger partial charge in [0.05, 0.1) is 0 Å². The van der Waals surface area contributed by atoms with Crippen molar-refractivity contribution >= 4 is 11.5 Å². The van der Waals surface area contributed by atoms with E-state index in [2.05, 4.69) is 48.1 Å². The first-order chi connectivity index (χ1) is 8.70. The fourth-order valence-electron chi connectivity index (χ4n) is 1.92. The Balaban J connectivity index is 2.11. The lowest BCUT2D eigenvalue weighted by molar-refractivity contribution is 0.918. The number of aromatic nitrogens is 1. The molecule has 1 aromatic carbocycles. The number of rotatable bonds is 4. The van der Waals surface area contributed by atoms with Crippen molar-refractivity contribution in [2.75, 3.05) is 17.7 Å². The smallest absolute Gasteiger partial charge is 0.128 e. The first-order valence-electron chi connectivity index (χ1n) is 6.20. The highest BCUT2D eigenvalue weighted by Gasteiger charge is 2.05. The second-order valence-electron chi connectivity index (χ2n) is 4.42. The fraction of sp³-hybridized carbons (Fsp3) is 0.267. The number of pyridine rings is 1. The summed E-state index contributed by atoms with van der Waals surface area (Å²) in [5.74, 6) is 0.606. The Kier molecular flexibility index (Phi) is 3.82. The van der Waals surface area contributed by atoms with Crippen LogP contribution < -0.4 is 10.6 Å². The first-order valence-corrected chi connectivity index (χ1v) is 6.20. The van der Waals surface area contributed by atoms with Gasteiger partial charge in [-0.25, -0.2) is 4.98 Å². The molecule has 1 heterocycles. The third kappa shape index (κ3) is 2.80. The van der Waals surface area contributed by atoms with Gasteiger partial charge >= 0.3 is 0 Å². The van der Waals surface area contributed by atoms with E-state index in [4.69, 9.17) is 5.73 Å². The van der Waals surface area contributed by atoms with Gasteiger partial charge < -0.3 is 10.6 Å². The van der Waals surface area contributed by atoms with E-state index < -0.39 is 0 Å². The van der Waals surface area contributed by atoms with Crippen LogP contribution in [-0.2, 0) is 13.0 Å². The lowest BCUT2D eigenvalue weighted by Gasteiger charge is -2.20. The summed E-state index contributed by atoms with van der Waals surface area (Å²) in [4.78, 5) is 6.28. The molecule has 0 amide bonds. The summed E-state index contributed by atoms with van der Waals surface area (Å²) in [5.41, 5.74) is 9.45. The number of nitrogen functional groups attached to an aromatic ring is 1. The molecular weight excluding hydrogens is 222 g/mol. The third-order valence-corrected chi connectivity index (χ3v) is 3.12. The summed E-state index contributed by atoms with van der Waals surface area (Å²) in [7, 11) is 2.06. The van der Waals surface area contributed by atoms with Crippen molar-refractivity contribution in [3.63, 3.8) is 0 Å². The van der Waals surface area contributed by atoms with E-state index in [1.165, 1.54) is 11.3 Å². The van der Waals surface area contributed by atoms with E-state index in [9.17, 15) is 0 Å². The Morgan fingerprint density at radius 2 is 1.89 bits per heavy atom. The van der Waals surface area contributed by atoms with Gasteiger partial charge in [0.2, 0.25) is 0 Å². The number of benzene rings is 1. The minimum absolute atomic E-state index is 0.606. The average Bonchev–Trinajstić information content (AvgIpc) is 2.41. The quantitative estimate of drug-likeness (QED) is 0.895. The predicted molar refractivity (Wildman–Crippen MR) is 76.6 cm³/mol. The second kappa shape index (κ2) is 5.54. The van der Waals surface area contributed by atoms with E-state index in [1.54, 1.807) is 6.20 Å². The summed E-state index contributed by atoms with van der Waals surface area (Å²) in [6.45, 7) is 2.93. The highest BCUT2D eigenvalue weighted by Crippen LogP contribution is 2.18. The molecule has 0 spiro atoms. The molecule has 0 radical (unpaired) electrons. The number of hydrogen-bond acceptors (Lipinski definition) is 3. The summed E-state index contributed by atoms with van der Waals surface area (Å²) >= 11 is 0. The molecule has 0 atom stereocenters. The maximum atomic E-state index is 5.85. The Labute approximate surface area is 108 Å². The van der Waals surface area contributed by atoms with Gasteiger partial charge in [0.25, 0.3) is 0 Å². The zero-order valence-corrected chi connectivity index (χ0v) is 10.9. The average molecular weight is 241 g/mol. The van der Waals surface area contributed by atoms with Crippen LogP contribution in [0.4, 0.5) is 11.5 Å². The molecule has 2 aromatic rings. The molecule has 0 bridgehead atoms. The summed E-state index contributed by atoms with van der Waals surface area (Å²) in [6, 6.07) is 12.5. The van der Waals surface area contributed by atoms with Crippen LogP contribution in [0, 0.1) is 0 Å². The van der Waals surface area contributed by atoms with Gasteiger partial charge in [-0.1, -0.05) is 25.1 Å². The molecule has 0 aliphatic carbocycles. The molecule has 2 rings (SSSR count). The standard InChI is InChI=1S/C15H19N3/c1-3-12-6-8-14(9-7-12)18(2)11-13-5-4-10-17-15(13)16/h4-10H,3,11H2,1-2H3,(H2,16,17). The summed E-state index contributed by atoms with van der Waals surface area (Å²) in [6.07, 6.45) is 2.79. The van der Waals surface area contributed by atoms with Gasteiger partial charge in [0.15, 0.2) is 0 Å². The normalized spacial score (nSPS) is 10.3. The van der Waals surface area contributed by atoms with Crippen LogP contribution in [0.2, 0.25) is 0 Å². The van der Waals surface area contributed by atoms with Crippen LogP contribution in [0.5, 0.6) is 0 Å². The van der Waals surface area contributed by atoms with Crippen molar-refractivity contribution < 1.29 is 0 Å². The molecule has 0 aliphatic rings. The molecule has 2 N–H and O–H groups in total. The van der Waals surface area contributed by atoms with Crippen LogP contribution in [0.1, 0.15) is 18.1 Å². The van der Waals surface area contributed by atoms with Gasteiger partial charge in [0, 0.05) is 31.0 Å². The van der Waals surface area contributed by atoms with Crippen LogP contribution in [0.3, 0.4) is 0 Å². The number of aryl methyl sites for hydroxylation is 1. The molecule has 0 saturated carbocycles. The molecule has 0 fully saturated rings. The van der Waals surface area contributed by atoms with E-state index in [0.717, 1.165) is 18.5 Å². The van der Waals surface area contributed by atoms with Crippen LogP contribution in [0.15, 0.2) is 42.6 Å². The van der Waals surface area contributed by atoms with E-state index in [-0.39, 0.29) is 0 Å². The second-order valence-corrected chi connectivity index (χ2v) is 4.42. The molecule has 1 aromatic heterocycles. The minimum atomic E-state index is 0.606. The predicted octanol–water partition coefficient (Wildman–Crippen LogP) is 2.86.